The minimum Gasteiger partial charge on any atom is -0.474 e. The maximum Gasteiger partial charge on any atom is 0.253 e. The quantitative estimate of drug-likeness (QED) is 0.791. The molecule has 1 aromatic heterocycles. The van der Waals surface area contributed by atoms with Gasteiger partial charge < -0.3 is 10.1 Å². The number of hydrogen-bond acceptors (Lipinski definition) is 5. The topological polar surface area (TPSA) is 85.4 Å². The van der Waals surface area contributed by atoms with Crippen LogP contribution in [-0.4, -0.2) is 31.7 Å². The van der Waals surface area contributed by atoms with Gasteiger partial charge in [0.05, 0.1) is 15.5 Å². The molecule has 0 aliphatic heterocycles. The summed E-state index contributed by atoms with van der Waals surface area (Å²) in [5.41, 5.74) is 0.956. The summed E-state index contributed by atoms with van der Waals surface area (Å²) in [4.78, 5) is 16.7. The van der Waals surface area contributed by atoms with Crippen LogP contribution in [0.5, 0.6) is 5.88 Å². The van der Waals surface area contributed by atoms with E-state index in [1.807, 2.05) is 0 Å². The SMILES string of the molecule is CS(=O)(=O)c1ccc(Cl)c(C(=O)NCc2ccnc(OC3CCCC3)c2)c1. The molecule has 0 radical (unpaired) electrons. The van der Waals surface area contributed by atoms with E-state index in [1.54, 1.807) is 18.3 Å². The van der Waals surface area contributed by atoms with Crippen molar-refractivity contribution in [3.05, 3.63) is 52.7 Å². The second-order valence-corrected chi connectivity index (χ2v) is 9.05. The molecular formula is C19H21ClN2O4S. The lowest BCUT2D eigenvalue weighted by molar-refractivity contribution is 0.0950. The molecule has 0 saturated heterocycles. The van der Waals surface area contributed by atoms with Crippen molar-refractivity contribution in [1.82, 2.24) is 10.3 Å². The van der Waals surface area contributed by atoms with E-state index in [4.69, 9.17) is 16.3 Å². The zero-order valence-electron chi connectivity index (χ0n) is 14.9. The number of amides is 1. The molecule has 144 valence electrons. The van der Waals surface area contributed by atoms with Gasteiger partial charge in [0.2, 0.25) is 5.88 Å². The molecule has 27 heavy (non-hydrogen) atoms. The number of nitrogens with zero attached hydrogens (tertiary/aromatic N) is 1. The van der Waals surface area contributed by atoms with Crippen molar-refractivity contribution in [3.63, 3.8) is 0 Å². The smallest absolute Gasteiger partial charge is 0.253 e. The molecule has 1 saturated carbocycles. The summed E-state index contributed by atoms with van der Waals surface area (Å²) in [6.07, 6.45) is 7.36. The summed E-state index contributed by atoms with van der Waals surface area (Å²) in [6.45, 7) is 0.252. The van der Waals surface area contributed by atoms with Crippen molar-refractivity contribution in [2.75, 3.05) is 6.26 Å². The third kappa shape index (κ3) is 5.20. The highest BCUT2D eigenvalue weighted by Gasteiger charge is 2.18. The van der Waals surface area contributed by atoms with Gasteiger partial charge in [0.25, 0.3) is 5.91 Å². The summed E-state index contributed by atoms with van der Waals surface area (Å²) in [6, 6.07) is 7.66. The van der Waals surface area contributed by atoms with Crippen LogP contribution in [0.25, 0.3) is 0 Å². The molecular weight excluding hydrogens is 388 g/mol. The molecule has 0 bridgehead atoms. The number of aromatic nitrogens is 1. The minimum absolute atomic E-state index is 0.0493. The minimum atomic E-state index is -3.42. The zero-order valence-corrected chi connectivity index (χ0v) is 16.5. The Morgan fingerprint density at radius 2 is 2.00 bits per heavy atom. The molecule has 3 rings (SSSR count). The van der Waals surface area contributed by atoms with Gasteiger partial charge in [0.1, 0.15) is 6.10 Å². The molecule has 1 fully saturated rings. The maximum absolute atomic E-state index is 12.4. The molecule has 1 aromatic carbocycles. The van der Waals surface area contributed by atoms with Crippen molar-refractivity contribution in [3.8, 4) is 5.88 Å². The summed E-state index contributed by atoms with van der Waals surface area (Å²) >= 11 is 6.06. The Morgan fingerprint density at radius 1 is 1.26 bits per heavy atom. The van der Waals surface area contributed by atoms with Gasteiger partial charge in [-0.2, -0.15) is 0 Å². The highest BCUT2D eigenvalue weighted by Crippen LogP contribution is 2.23. The molecule has 0 spiro atoms. The Labute approximate surface area is 163 Å². The lowest BCUT2D eigenvalue weighted by Crippen LogP contribution is -2.23. The summed E-state index contributed by atoms with van der Waals surface area (Å²) < 4.78 is 29.2. The fourth-order valence-corrected chi connectivity index (χ4v) is 3.84. The van der Waals surface area contributed by atoms with Crippen molar-refractivity contribution in [2.45, 2.75) is 43.2 Å². The van der Waals surface area contributed by atoms with Gasteiger partial charge in [-0.1, -0.05) is 11.6 Å². The first-order valence-corrected chi connectivity index (χ1v) is 11.0. The van der Waals surface area contributed by atoms with E-state index in [2.05, 4.69) is 10.3 Å². The second kappa shape index (κ2) is 8.27. The lowest BCUT2D eigenvalue weighted by atomic mass is 10.2. The standard InChI is InChI=1S/C19H21ClN2O4S/c1-27(24,25)15-6-7-17(20)16(11-15)19(23)22-12-13-8-9-21-18(10-13)26-14-4-2-3-5-14/h6-11,14H,2-5,12H2,1H3,(H,22,23). The average Bonchev–Trinajstić information content (AvgIpc) is 3.12. The number of carbonyl (C=O) groups is 1. The molecule has 0 unspecified atom stereocenters. The van der Waals surface area contributed by atoms with Crippen molar-refractivity contribution in [1.29, 1.82) is 0 Å². The van der Waals surface area contributed by atoms with Gasteiger partial charge in [-0.25, -0.2) is 13.4 Å². The molecule has 2 aromatic rings. The van der Waals surface area contributed by atoms with Gasteiger partial charge in [0.15, 0.2) is 9.84 Å². The normalized spacial score (nSPS) is 14.9. The van der Waals surface area contributed by atoms with Crippen LogP contribution >= 0.6 is 11.6 Å². The van der Waals surface area contributed by atoms with Crippen LogP contribution in [0.3, 0.4) is 0 Å². The molecule has 8 heteroatoms. The summed E-state index contributed by atoms with van der Waals surface area (Å²) in [5, 5.41) is 2.95. The maximum atomic E-state index is 12.4. The van der Waals surface area contributed by atoms with Crippen LogP contribution in [0.4, 0.5) is 0 Å². The molecule has 1 amide bonds. The third-order valence-electron chi connectivity index (χ3n) is 4.45. The number of sulfone groups is 1. The number of benzene rings is 1. The van der Waals surface area contributed by atoms with Gasteiger partial charge in [-0.05, 0) is 55.5 Å². The first-order chi connectivity index (χ1) is 12.8. The summed E-state index contributed by atoms with van der Waals surface area (Å²) in [5.74, 6) is 0.103. The number of hydrogen-bond donors (Lipinski definition) is 1. The average molecular weight is 409 g/mol. The van der Waals surface area contributed by atoms with Crippen LogP contribution in [-0.2, 0) is 16.4 Å². The summed E-state index contributed by atoms with van der Waals surface area (Å²) in [7, 11) is -3.42. The number of carbonyl (C=O) groups excluding carboxylic acids is 1. The van der Waals surface area contributed by atoms with Crippen molar-refractivity contribution in [2.24, 2.45) is 0 Å². The van der Waals surface area contributed by atoms with Gasteiger partial charge in [-0.3, -0.25) is 4.79 Å². The molecule has 0 atom stereocenters. The number of pyridine rings is 1. The number of halogens is 1. The van der Waals surface area contributed by atoms with E-state index in [0.717, 1.165) is 24.7 Å². The van der Waals surface area contributed by atoms with E-state index < -0.39 is 15.7 Å². The number of nitrogens with one attached hydrogen (secondary N) is 1. The van der Waals surface area contributed by atoms with Crippen molar-refractivity contribution < 1.29 is 17.9 Å². The Kier molecular flexibility index (Phi) is 6.01. The third-order valence-corrected chi connectivity index (χ3v) is 5.89. The first kappa shape index (κ1) is 19.6. The Morgan fingerprint density at radius 3 is 2.70 bits per heavy atom. The molecule has 6 nitrogen and oxygen atoms in total. The van der Waals surface area contributed by atoms with E-state index in [-0.39, 0.29) is 28.1 Å². The second-order valence-electron chi connectivity index (χ2n) is 6.62. The Bertz CT molecular complexity index is 940. The molecule has 1 aliphatic rings. The first-order valence-electron chi connectivity index (χ1n) is 8.72. The van der Waals surface area contributed by atoms with Crippen LogP contribution in [0.2, 0.25) is 5.02 Å². The molecule has 1 heterocycles. The lowest BCUT2D eigenvalue weighted by Gasteiger charge is -2.13. The highest BCUT2D eigenvalue weighted by molar-refractivity contribution is 7.90. The number of rotatable bonds is 6. The van der Waals surface area contributed by atoms with Crippen molar-refractivity contribution >= 4 is 27.3 Å². The highest BCUT2D eigenvalue weighted by atomic mass is 35.5. The fourth-order valence-electron chi connectivity index (χ4n) is 2.99. The van der Waals surface area contributed by atoms with Crippen LogP contribution in [0.15, 0.2) is 41.4 Å². The van der Waals surface area contributed by atoms with E-state index >= 15 is 0 Å². The Balaban J connectivity index is 1.67. The zero-order chi connectivity index (χ0) is 19.4. The van der Waals surface area contributed by atoms with Gasteiger partial charge in [0, 0.05) is 25.1 Å². The number of ether oxygens (including phenoxy) is 1. The largest absolute Gasteiger partial charge is 0.474 e. The van der Waals surface area contributed by atoms with Gasteiger partial charge >= 0.3 is 0 Å². The Hall–Kier alpha value is -2.12. The van der Waals surface area contributed by atoms with Crippen LogP contribution < -0.4 is 10.1 Å². The molecule has 1 aliphatic carbocycles. The van der Waals surface area contributed by atoms with Crippen LogP contribution in [0.1, 0.15) is 41.6 Å². The molecule has 1 N–H and O–H groups in total. The van der Waals surface area contributed by atoms with Gasteiger partial charge in [-0.15, -0.1) is 0 Å². The predicted octanol–water partition coefficient (Wildman–Crippen LogP) is 3.39. The fraction of sp³-hybridized carbons (Fsp3) is 0.368. The van der Waals surface area contributed by atoms with E-state index in [1.165, 1.54) is 31.0 Å². The van der Waals surface area contributed by atoms with E-state index in [9.17, 15) is 13.2 Å². The predicted molar refractivity (Wildman–Crippen MR) is 103 cm³/mol. The van der Waals surface area contributed by atoms with E-state index in [0.29, 0.717) is 5.88 Å². The van der Waals surface area contributed by atoms with Crippen LogP contribution in [0, 0.1) is 0 Å². The monoisotopic (exact) mass is 408 g/mol.